The molecule has 0 bridgehead atoms. The third-order valence-electron chi connectivity index (χ3n) is 5.25. The summed E-state index contributed by atoms with van der Waals surface area (Å²) < 4.78 is 82.6. The van der Waals surface area contributed by atoms with Crippen LogP contribution in [-0.2, 0) is 26.7 Å². The maximum atomic E-state index is 13.0. The quantitative estimate of drug-likeness (QED) is 0.404. The Morgan fingerprint density at radius 2 is 1.31 bits per heavy atom. The lowest BCUT2D eigenvalue weighted by molar-refractivity contribution is -0.152. The van der Waals surface area contributed by atoms with Gasteiger partial charge in [-0.3, -0.25) is 9.59 Å². The Morgan fingerprint density at radius 3 is 1.69 bits per heavy atom. The van der Waals surface area contributed by atoms with Gasteiger partial charge in [-0.15, -0.1) is 0 Å². The van der Waals surface area contributed by atoms with E-state index in [2.05, 4.69) is 5.32 Å². The molecular weight excluding hydrogens is 440 g/mol. The first kappa shape index (κ1) is 23.4. The fraction of sp³-hybridized carbons (Fsp3) is 0.273. The van der Waals surface area contributed by atoms with E-state index >= 15 is 0 Å². The van der Waals surface area contributed by atoms with Crippen LogP contribution in [0.15, 0.2) is 60.8 Å². The van der Waals surface area contributed by atoms with Crippen LogP contribution in [0.3, 0.4) is 0 Å². The van der Waals surface area contributed by atoms with Crippen LogP contribution in [0.2, 0.25) is 0 Å². The SMILES string of the molecule is COC(=O)C1C(=O)NC=CC1C(c1ccc(C(F)(F)F)cc1)c1ccc(C(F)(F)F)cc1. The molecule has 2 aromatic carbocycles. The van der Waals surface area contributed by atoms with Gasteiger partial charge in [0.05, 0.1) is 18.2 Å². The van der Waals surface area contributed by atoms with Crippen molar-refractivity contribution < 1.29 is 40.7 Å². The number of benzene rings is 2. The molecule has 0 aromatic heterocycles. The zero-order chi connectivity index (χ0) is 23.7. The molecule has 0 radical (unpaired) electrons. The summed E-state index contributed by atoms with van der Waals surface area (Å²) in [4.78, 5) is 24.7. The van der Waals surface area contributed by atoms with Crippen LogP contribution >= 0.6 is 0 Å². The number of esters is 1. The molecule has 32 heavy (non-hydrogen) atoms. The molecule has 1 N–H and O–H groups in total. The Bertz CT molecular complexity index is 952. The van der Waals surface area contributed by atoms with E-state index in [0.29, 0.717) is 0 Å². The highest BCUT2D eigenvalue weighted by Crippen LogP contribution is 2.41. The second-order valence-electron chi connectivity index (χ2n) is 7.16. The van der Waals surface area contributed by atoms with Gasteiger partial charge in [0, 0.05) is 18.0 Å². The van der Waals surface area contributed by atoms with Crippen molar-refractivity contribution in [3.63, 3.8) is 0 Å². The number of hydrogen-bond donors (Lipinski definition) is 1. The molecule has 170 valence electrons. The molecule has 1 heterocycles. The van der Waals surface area contributed by atoms with Crippen LogP contribution in [0.25, 0.3) is 0 Å². The van der Waals surface area contributed by atoms with Crippen molar-refractivity contribution in [1.29, 1.82) is 0 Å². The summed E-state index contributed by atoms with van der Waals surface area (Å²) >= 11 is 0. The third kappa shape index (κ3) is 4.79. The van der Waals surface area contributed by atoms with Crippen LogP contribution < -0.4 is 5.32 Å². The monoisotopic (exact) mass is 457 g/mol. The van der Waals surface area contributed by atoms with Crippen molar-refractivity contribution in [2.75, 3.05) is 7.11 Å². The summed E-state index contributed by atoms with van der Waals surface area (Å²) in [6.45, 7) is 0. The summed E-state index contributed by atoms with van der Waals surface area (Å²) in [6, 6.07) is 8.08. The topological polar surface area (TPSA) is 55.4 Å². The van der Waals surface area contributed by atoms with Gasteiger partial charge in [-0.1, -0.05) is 30.3 Å². The highest BCUT2D eigenvalue weighted by Gasteiger charge is 2.42. The molecule has 1 aliphatic rings. The molecule has 0 spiro atoms. The van der Waals surface area contributed by atoms with Gasteiger partial charge in [0.15, 0.2) is 0 Å². The van der Waals surface area contributed by atoms with Gasteiger partial charge in [0.25, 0.3) is 0 Å². The molecule has 2 unspecified atom stereocenters. The second kappa shape index (κ2) is 8.68. The molecule has 0 fully saturated rings. The number of carbonyl (C=O) groups is 2. The van der Waals surface area contributed by atoms with Gasteiger partial charge in [0.2, 0.25) is 5.91 Å². The predicted molar refractivity (Wildman–Crippen MR) is 101 cm³/mol. The molecule has 0 saturated carbocycles. The Labute approximate surface area is 178 Å². The molecule has 0 saturated heterocycles. The second-order valence-corrected chi connectivity index (χ2v) is 7.16. The van der Waals surface area contributed by atoms with E-state index in [9.17, 15) is 35.9 Å². The third-order valence-corrected chi connectivity index (χ3v) is 5.25. The molecule has 2 atom stereocenters. The van der Waals surface area contributed by atoms with E-state index in [1.165, 1.54) is 36.5 Å². The van der Waals surface area contributed by atoms with Crippen molar-refractivity contribution in [2.24, 2.45) is 11.8 Å². The molecule has 2 aromatic rings. The predicted octanol–water partition coefficient (Wildman–Crippen LogP) is 4.91. The fourth-order valence-electron chi connectivity index (χ4n) is 3.71. The van der Waals surface area contributed by atoms with Gasteiger partial charge in [-0.25, -0.2) is 0 Å². The Morgan fingerprint density at radius 1 is 0.875 bits per heavy atom. The van der Waals surface area contributed by atoms with Gasteiger partial charge in [-0.2, -0.15) is 26.3 Å². The highest BCUT2D eigenvalue weighted by molar-refractivity contribution is 5.99. The molecular formula is C22H17F6NO3. The van der Waals surface area contributed by atoms with E-state index < -0.39 is 53.1 Å². The first-order chi connectivity index (χ1) is 14.9. The maximum absolute atomic E-state index is 13.0. The fourth-order valence-corrected chi connectivity index (χ4v) is 3.71. The average Bonchev–Trinajstić information content (AvgIpc) is 2.73. The average molecular weight is 457 g/mol. The number of alkyl halides is 6. The summed E-state index contributed by atoms with van der Waals surface area (Å²) in [6.07, 6.45) is -6.40. The van der Waals surface area contributed by atoms with Crippen molar-refractivity contribution >= 4 is 11.9 Å². The van der Waals surface area contributed by atoms with Gasteiger partial charge in [0.1, 0.15) is 5.92 Å². The zero-order valence-corrected chi connectivity index (χ0v) is 16.5. The lowest BCUT2D eigenvalue weighted by atomic mass is 9.72. The summed E-state index contributed by atoms with van der Waals surface area (Å²) in [7, 11) is 1.08. The minimum absolute atomic E-state index is 0.288. The highest BCUT2D eigenvalue weighted by atomic mass is 19.4. The lowest BCUT2D eigenvalue weighted by Gasteiger charge is -2.32. The van der Waals surface area contributed by atoms with Crippen LogP contribution in [0.5, 0.6) is 0 Å². The number of nitrogens with one attached hydrogen (secondary N) is 1. The van der Waals surface area contributed by atoms with Crippen LogP contribution in [-0.4, -0.2) is 19.0 Å². The largest absolute Gasteiger partial charge is 0.468 e. The smallest absolute Gasteiger partial charge is 0.416 e. The Balaban J connectivity index is 2.13. The maximum Gasteiger partial charge on any atom is 0.416 e. The van der Waals surface area contributed by atoms with E-state index in [4.69, 9.17) is 4.74 Å². The minimum Gasteiger partial charge on any atom is -0.468 e. The summed E-state index contributed by atoms with van der Waals surface area (Å²) in [5.74, 6) is -4.72. The van der Waals surface area contributed by atoms with Crippen LogP contribution in [0.4, 0.5) is 26.3 Å². The van der Waals surface area contributed by atoms with Crippen LogP contribution in [0.1, 0.15) is 28.2 Å². The number of allylic oxidation sites excluding steroid dienone is 1. The van der Waals surface area contributed by atoms with Crippen LogP contribution in [0, 0.1) is 11.8 Å². The number of methoxy groups -OCH3 is 1. The zero-order valence-electron chi connectivity index (χ0n) is 16.5. The van der Waals surface area contributed by atoms with E-state index in [1.807, 2.05) is 0 Å². The molecule has 1 amide bonds. The molecule has 3 rings (SSSR count). The number of carbonyl (C=O) groups excluding carboxylic acids is 2. The Hall–Kier alpha value is -3.30. The number of ether oxygens (including phenoxy) is 1. The van der Waals surface area contributed by atoms with Crippen molar-refractivity contribution in [3.05, 3.63) is 83.1 Å². The number of hydrogen-bond acceptors (Lipinski definition) is 3. The molecule has 1 aliphatic heterocycles. The van der Waals surface area contributed by atoms with E-state index in [0.717, 1.165) is 31.4 Å². The molecule has 0 aliphatic carbocycles. The normalized spacial score (nSPS) is 19.1. The summed E-state index contributed by atoms with van der Waals surface area (Å²) in [5, 5.41) is 2.38. The lowest BCUT2D eigenvalue weighted by Crippen LogP contribution is -2.43. The van der Waals surface area contributed by atoms with Crippen molar-refractivity contribution in [1.82, 2.24) is 5.32 Å². The first-order valence-electron chi connectivity index (χ1n) is 9.32. The number of rotatable bonds is 4. The Kier molecular flexibility index (Phi) is 6.34. The standard InChI is InChI=1S/C22H17F6NO3/c1-32-20(31)18-16(10-11-29-19(18)30)17(12-2-6-14(7-3-12)21(23,24)25)13-4-8-15(9-5-13)22(26,27)28/h2-11,16-18H,1H3,(H,29,30). The van der Waals surface area contributed by atoms with Crippen molar-refractivity contribution in [3.8, 4) is 0 Å². The summed E-state index contributed by atoms with van der Waals surface area (Å²) in [5.41, 5.74) is -1.24. The first-order valence-corrected chi connectivity index (χ1v) is 9.32. The van der Waals surface area contributed by atoms with Crippen molar-refractivity contribution in [2.45, 2.75) is 18.3 Å². The molecule has 10 heteroatoms. The molecule has 4 nitrogen and oxygen atoms in total. The number of amides is 1. The van der Waals surface area contributed by atoms with E-state index in [-0.39, 0.29) is 11.1 Å². The minimum atomic E-state index is -4.58. The van der Waals surface area contributed by atoms with Gasteiger partial charge >= 0.3 is 18.3 Å². The van der Waals surface area contributed by atoms with E-state index in [1.54, 1.807) is 0 Å². The van der Waals surface area contributed by atoms with Gasteiger partial charge < -0.3 is 10.1 Å². The van der Waals surface area contributed by atoms with Gasteiger partial charge in [-0.05, 0) is 35.4 Å². The number of halogens is 6.